The van der Waals surface area contributed by atoms with Crippen LogP contribution in [0.3, 0.4) is 0 Å². The van der Waals surface area contributed by atoms with E-state index < -0.39 is 17.9 Å². The van der Waals surface area contributed by atoms with Crippen molar-refractivity contribution >= 4 is 11.9 Å². The van der Waals surface area contributed by atoms with Crippen LogP contribution in [0.1, 0.15) is 37.8 Å². The molecule has 1 aromatic carbocycles. The summed E-state index contributed by atoms with van der Waals surface area (Å²) in [4.78, 5) is 23.7. The first-order valence-corrected chi connectivity index (χ1v) is 8.02. The first-order valence-electron chi connectivity index (χ1n) is 8.02. The summed E-state index contributed by atoms with van der Waals surface area (Å²) in [5, 5.41) is 0. The van der Waals surface area contributed by atoms with Gasteiger partial charge in [0.1, 0.15) is 5.75 Å². The zero-order valence-corrected chi connectivity index (χ0v) is 14.4. The molecule has 0 saturated carbocycles. The Bertz CT molecular complexity index is 506. The minimum absolute atomic E-state index is 0.244. The van der Waals surface area contributed by atoms with Gasteiger partial charge in [0.2, 0.25) is 0 Å². The van der Waals surface area contributed by atoms with Crippen molar-refractivity contribution in [3.05, 3.63) is 29.3 Å². The molecular formula is C18H26O5. The fraction of sp³-hybridized carbons (Fsp3) is 0.556. The van der Waals surface area contributed by atoms with Gasteiger partial charge in [0.05, 0.1) is 19.8 Å². The van der Waals surface area contributed by atoms with Gasteiger partial charge in [-0.25, -0.2) is 0 Å². The van der Waals surface area contributed by atoms with E-state index in [4.69, 9.17) is 14.2 Å². The summed E-state index contributed by atoms with van der Waals surface area (Å²) in [6.07, 6.45) is 0.914. The summed E-state index contributed by atoms with van der Waals surface area (Å²) in [5.41, 5.74) is 2.38. The summed E-state index contributed by atoms with van der Waals surface area (Å²) in [6, 6.07) is 5.89. The summed E-state index contributed by atoms with van der Waals surface area (Å²) in [5.74, 6) is -1.15. The lowest BCUT2D eigenvalue weighted by molar-refractivity contribution is -0.162. The van der Waals surface area contributed by atoms with E-state index in [1.54, 1.807) is 13.8 Å². The van der Waals surface area contributed by atoms with Crippen LogP contribution < -0.4 is 4.74 Å². The number of esters is 2. The maximum Gasteiger partial charge on any atom is 0.320 e. The Labute approximate surface area is 137 Å². The molecule has 0 aliphatic heterocycles. The lowest BCUT2D eigenvalue weighted by atomic mass is 10.0. The predicted octanol–water partition coefficient (Wildman–Crippen LogP) is 3.20. The monoisotopic (exact) mass is 322 g/mol. The quantitative estimate of drug-likeness (QED) is 0.397. The predicted molar refractivity (Wildman–Crippen MR) is 87.4 cm³/mol. The van der Waals surface area contributed by atoms with Gasteiger partial charge >= 0.3 is 11.9 Å². The smallest absolute Gasteiger partial charge is 0.320 e. The van der Waals surface area contributed by atoms with E-state index in [9.17, 15) is 9.59 Å². The molecule has 0 N–H and O–H groups in total. The second kappa shape index (κ2) is 9.87. The lowest BCUT2D eigenvalue weighted by Crippen LogP contribution is -2.28. The highest BCUT2D eigenvalue weighted by atomic mass is 16.6. The summed E-state index contributed by atoms with van der Waals surface area (Å²) >= 11 is 0. The summed E-state index contributed by atoms with van der Waals surface area (Å²) in [7, 11) is 0. The number of rotatable bonds is 9. The van der Waals surface area contributed by atoms with Crippen LogP contribution >= 0.6 is 0 Å². The second-order valence-corrected chi connectivity index (χ2v) is 5.29. The van der Waals surface area contributed by atoms with E-state index >= 15 is 0 Å². The maximum absolute atomic E-state index is 11.8. The third-order valence-electron chi connectivity index (χ3n) is 3.53. The van der Waals surface area contributed by atoms with Gasteiger partial charge in [-0.15, -0.1) is 0 Å². The minimum atomic E-state index is -0.877. The van der Waals surface area contributed by atoms with Crippen molar-refractivity contribution in [1.29, 1.82) is 0 Å². The lowest BCUT2D eigenvalue weighted by Gasteiger charge is -2.14. The zero-order chi connectivity index (χ0) is 17.2. The fourth-order valence-corrected chi connectivity index (χ4v) is 2.10. The average Bonchev–Trinajstić information content (AvgIpc) is 2.51. The Kier molecular flexibility index (Phi) is 8.16. The van der Waals surface area contributed by atoms with Gasteiger partial charge in [0, 0.05) is 0 Å². The third kappa shape index (κ3) is 6.30. The highest BCUT2D eigenvalue weighted by molar-refractivity contribution is 5.94. The Balaban J connectivity index is 2.49. The molecule has 0 atom stereocenters. The number of benzene rings is 1. The van der Waals surface area contributed by atoms with E-state index in [2.05, 4.69) is 0 Å². The number of hydrogen-bond acceptors (Lipinski definition) is 5. The minimum Gasteiger partial charge on any atom is -0.494 e. The molecule has 0 bridgehead atoms. The molecule has 0 aliphatic rings. The molecule has 0 aliphatic carbocycles. The topological polar surface area (TPSA) is 61.8 Å². The molecular weight excluding hydrogens is 296 g/mol. The van der Waals surface area contributed by atoms with Crippen molar-refractivity contribution in [2.24, 2.45) is 5.92 Å². The standard InChI is InChI=1S/C18H26O5/c1-5-21-17(19)16(18(20)22-6-2)8-7-11-23-15-10-9-13(3)14(4)12-15/h9-10,12,16H,5-8,11H2,1-4H3. The van der Waals surface area contributed by atoms with E-state index in [1.165, 1.54) is 11.1 Å². The van der Waals surface area contributed by atoms with Crippen LogP contribution in [0.5, 0.6) is 5.75 Å². The first-order chi connectivity index (χ1) is 11.0. The van der Waals surface area contributed by atoms with Gasteiger partial charge in [0.25, 0.3) is 0 Å². The molecule has 1 rings (SSSR count). The molecule has 0 radical (unpaired) electrons. The molecule has 0 saturated heterocycles. The van der Waals surface area contributed by atoms with Crippen molar-refractivity contribution in [3.63, 3.8) is 0 Å². The number of ether oxygens (including phenoxy) is 3. The van der Waals surface area contributed by atoms with Crippen molar-refractivity contribution in [1.82, 2.24) is 0 Å². The first kappa shape index (κ1) is 19.0. The van der Waals surface area contributed by atoms with Crippen LogP contribution in [0.15, 0.2) is 18.2 Å². The van der Waals surface area contributed by atoms with Gasteiger partial charge in [0.15, 0.2) is 5.92 Å². The zero-order valence-electron chi connectivity index (χ0n) is 14.4. The number of hydrogen-bond donors (Lipinski definition) is 0. The molecule has 0 spiro atoms. The van der Waals surface area contributed by atoms with E-state index in [-0.39, 0.29) is 13.2 Å². The molecule has 1 aromatic rings. The van der Waals surface area contributed by atoms with Gasteiger partial charge < -0.3 is 14.2 Å². The van der Waals surface area contributed by atoms with E-state index in [0.29, 0.717) is 19.4 Å². The van der Waals surface area contributed by atoms with Crippen LogP contribution in [-0.4, -0.2) is 31.8 Å². The largest absolute Gasteiger partial charge is 0.494 e. The highest BCUT2D eigenvalue weighted by Gasteiger charge is 2.28. The van der Waals surface area contributed by atoms with Crippen LogP contribution in [0.4, 0.5) is 0 Å². The summed E-state index contributed by atoms with van der Waals surface area (Å²) in [6.45, 7) is 8.41. The molecule has 0 fully saturated rings. The molecule has 0 amide bonds. The van der Waals surface area contributed by atoms with Crippen LogP contribution in [0.2, 0.25) is 0 Å². The van der Waals surface area contributed by atoms with Crippen molar-refractivity contribution in [2.45, 2.75) is 40.5 Å². The Morgan fingerprint density at radius 3 is 2.13 bits per heavy atom. The fourth-order valence-electron chi connectivity index (χ4n) is 2.10. The molecule has 0 heterocycles. The second-order valence-electron chi connectivity index (χ2n) is 5.29. The van der Waals surface area contributed by atoms with E-state index in [1.807, 2.05) is 32.0 Å². The molecule has 5 nitrogen and oxygen atoms in total. The number of carbonyl (C=O) groups excluding carboxylic acids is 2. The Hall–Kier alpha value is -2.04. The SMILES string of the molecule is CCOC(=O)C(CCCOc1ccc(C)c(C)c1)C(=O)OCC. The molecule has 128 valence electrons. The van der Waals surface area contributed by atoms with Gasteiger partial charge in [-0.3, -0.25) is 9.59 Å². The number of aryl methyl sites for hydroxylation is 2. The van der Waals surface area contributed by atoms with Crippen LogP contribution in [0, 0.1) is 19.8 Å². The number of carbonyl (C=O) groups is 2. The normalized spacial score (nSPS) is 10.5. The van der Waals surface area contributed by atoms with Crippen LogP contribution in [0.25, 0.3) is 0 Å². The van der Waals surface area contributed by atoms with Gasteiger partial charge in [-0.2, -0.15) is 0 Å². The molecule has 5 heteroatoms. The Morgan fingerprint density at radius 2 is 1.61 bits per heavy atom. The molecule has 0 unspecified atom stereocenters. The van der Waals surface area contributed by atoms with Crippen molar-refractivity contribution < 1.29 is 23.8 Å². The van der Waals surface area contributed by atoms with E-state index in [0.717, 1.165) is 5.75 Å². The third-order valence-corrected chi connectivity index (χ3v) is 3.53. The van der Waals surface area contributed by atoms with Gasteiger partial charge in [-0.1, -0.05) is 6.07 Å². The van der Waals surface area contributed by atoms with Gasteiger partial charge in [-0.05, 0) is 63.8 Å². The maximum atomic E-state index is 11.8. The molecule has 0 aromatic heterocycles. The van der Waals surface area contributed by atoms with Crippen LogP contribution in [-0.2, 0) is 19.1 Å². The average molecular weight is 322 g/mol. The highest BCUT2D eigenvalue weighted by Crippen LogP contribution is 2.18. The van der Waals surface area contributed by atoms with Crippen molar-refractivity contribution in [3.8, 4) is 5.75 Å². The Morgan fingerprint density at radius 1 is 1.00 bits per heavy atom. The molecule has 23 heavy (non-hydrogen) atoms. The summed E-state index contributed by atoms with van der Waals surface area (Å²) < 4.78 is 15.5. The van der Waals surface area contributed by atoms with Crippen molar-refractivity contribution in [2.75, 3.05) is 19.8 Å².